The topological polar surface area (TPSA) is 35.1 Å². The molecular formula is C23H15NO2. The molecule has 0 unspecified atom stereocenters. The van der Waals surface area contributed by atoms with Crippen LogP contribution in [0.4, 0.5) is 0 Å². The Kier molecular flexibility index (Phi) is 3.25. The van der Waals surface area contributed by atoms with Gasteiger partial charge in [0.1, 0.15) is 5.76 Å². The molecule has 5 aromatic rings. The first-order chi connectivity index (χ1) is 12.9. The van der Waals surface area contributed by atoms with Crippen molar-refractivity contribution in [1.29, 1.82) is 0 Å². The summed E-state index contributed by atoms with van der Waals surface area (Å²) in [6, 6.07) is 28.4. The van der Waals surface area contributed by atoms with Crippen LogP contribution in [0.2, 0.25) is 0 Å². The molecule has 26 heavy (non-hydrogen) atoms. The van der Waals surface area contributed by atoms with Gasteiger partial charge in [-0.25, -0.2) is 0 Å². The third-order valence-electron chi connectivity index (χ3n) is 4.73. The highest BCUT2D eigenvalue weighted by atomic mass is 16.3. The van der Waals surface area contributed by atoms with Gasteiger partial charge in [0.05, 0.1) is 16.7 Å². The van der Waals surface area contributed by atoms with E-state index in [1.165, 1.54) is 10.8 Å². The van der Waals surface area contributed by atoms with Crippen LogP contribution in [-0.4, -0.2) is 10.9 Å². The quantitative estimate of drug-likeness (QED) is 0.387. The Hall–Kier alpha value is -3.59. The molecule has 0 radical (unpaired) electrons. The lowest BCUT2D eigenvalue weighted by Gasteiger charge is -2.12. The highest BCUT2D eigenvalue weighted by Gasteiger charge is 2.16. The summed E-state index contributed by atoms with van der Waals surface area (Å²) in [7, 11) is 0. The van der Waals surface area contributed by atoms with Crippen molar-refractivity contribution in [1.82, 2.24) is 4.57 Å². The number of nitrogens with zero attached hydrogens (tertiary/aromatic N) is 1. The van der Waals surface area contributed by atoms with E-state index in [1.807, 2.05) is 24.3 Å². The Bertz CT molecular complexity index is 1210. The normalized spacial score (nSPS) is 11.2. The van der Waals surface area contributed by atoms with Crippen molar-refractivity contribution in [3.63, 3.8) is 0 Å². The van der Waals surface area contributed by atoms with Crippen LogP contribution in [0.3, 0.4) is 0 Å². The molecule has 0 aliphatic rings. The van der Waals surface area contributed by atoms with Crippen LogP contribution < -0.4 is 0 Å². The summed E-state index contributed by atoms with van der Waals surface area (Å²) < 4.78 is 7.95. The van der Waals surface area contributed by atoms with Crippen molar-refractivity contribution in [3.05, 3.63) is 90.7 Å². The fraction of sp³-hybridized carbons (Fsp3) is 0. The summed E-state index contributed by atoms with van der Waals surface area (Å²) in [5.41, 5.74) is 4.26. The number of benzene rings is 3. The minimum absolute atomic E-state index is 0.331. The summed E-state index contributed by atoms with van der Waals surface area (Å²) in [6.45, 7) is 0. The van der Waals surface area contributed by atoms with Gasteiger partial charge in [0, 0.05) is 16.3 Å². The van der Waals surface area contributed by atoms with E-state index in [9.17, 15) is 4.79 Å². The number of carbonyl (C=O) groups excluding carboxylic acids is 1. The first-order valence-corrected chi connectivity index (χ1v) is 8.50. The molecule has 0 aliphatic heterocycles. The second-order valence-electron chi connectivity index (χ2n) is 6.21. The summed E-state index contributed by atoms with van der Waals surface area (Å²) in [6.07, 6.45) is 0.729. The van der Waals surface area contributed by atoms with Crippen LogP contribution in [-0.2, 0) is 0 Å². The zero-order valence-corrected chi connectivity index (χ0v) is 13.9. The Morgan fingerprint density at radius 2 is 1.31 bits per heavy atom. The number of rotatable bonds is 3. The van der Waals surface area contributed by atoms with Gasteiger partial charge in [0.2, 0.25) is 0 Å². The van der Waals surface area contributed by atoms with Gasteiger partial charge in [-0.05, 0) is 36.4 Å². The fourth-order valence-electron chi connectivity index (χ4n) is 3.62. The van der Waals surface area contributed by atoms with Crippen molar-refractivity contribution in [2.24, 2.45) is 0 Å². The first-order valence-electron chi connectivity index (χ1n) is 8.50. The van der Waals surface area contributed by atoms with Crippen LogP contribution in [0.15, 0.2) is 89.3 Å². The van der Waals surface area contributed by atoms with E-state index in [0.29, 0.717) is 11.5 Å². The molecule has 0 saturated heterocycles. The maximum absolute atomic E-state index is 11.0. The lowest BCUT2D eigenvalue weighted by Crippen LogP contribution is -1.96. The Balaban J connectivity index is 1.88. The molecule has 0 atom stereocenters. The SMILES string of the molecule is O=Cc1ccc(-c2ccccc2-n2c3ccccc3c3ccccc32)o1. The maximum atomic E-state index is 11.0. The predicted octanol–water partition coefficient (Wildman–Crippen LogP) is 5.86. The number of hydrogen-bond donors (Lipinski definition) is 0. The fourth-order valence-corrected chi connectivity index (χ4v) is 3.62. The molecule has 0 bridgehead atoms. The van der Waals surface area contributed by atoms with Crippen LogP contribution in [0.25, 0.3) is 38.8 Å². The molecule has 3 heteroatoms. The highest BCUT2D eigenvalue weighted by molar-refractivity contribution is 6.09. The Morgan fingerprint density at radius 3 is 1.96 bits per heavy atom. The highest BCUT2D eigenvalue weighted by Crippen LogP contribution is 2.36. The van der Waals surface area contributed by atoms with Gasteiger partial charge in [0.25, 0.3) is 0 Å². The van der Waals surface area contributed by atoms with Crippen LogP contribution in [0.5, 0.6) is 0 Å². The van der Waals surface area contributed by atoms with Crippen LogP contribution >= 0.6 is 0 Å². The van der Waals surface area contributed by atoms with E-state index in [2.05, 4.69) is 59.2 Å². The van der Waals surface area contributed by atoms with Crippen molar-refractivity contribution in [2.75, 3.05) is 0 Å². The molecule has 2 aromatic heterocycles. The number of aromatic nitrogens is 1. The third kappa shape index (κ3) is 2.11. The van der Waals surface area contributed by atoms with Crippen molar-refractivity contribution < 1.29 is 9.21 Å². The average molecular weight is 337 g/mol. The molecule has 0 N–H and O–H groups in total. The summed E-state index contributed by atoms with van der Waals surface area (Å²) in [4.78, 5) is 11.0. The number of aldehydes is 1. The van der Waals surface area contributed by atoms with Crippen LogP contribution in [0, 0.1) is 0 Å². The van der Waals surface area contributed by atoms with Gasteiger partial charge in [-0.1, -0.05) is 48.5 Å². The van der Waals surface area contributed by atoms with E-state index in [1.54, 1.807) is 6.07 Å². The predicted molar refractivity (Wildman–Crippen MR) is 104 cm³/mol. The lowest BCUT2D eigenvalue weighted by atomic mass is 10.1. The summed E-state index contributed by atoms with van der Waals surface area (Å²) in [5, 5.41) is 2.43. The minimum Gasteiger partial charge on any atom is -0.453 e. The minimum atomic E-state index is 0.331. The monoisotopic (exact) mass is 337 g/mol. The second kappa shape index (κ2) is 5.74. The number of furan rings is 1. The van der Waals surface area contributed by atoms with E-state index in [0.717, 1.165) is 28.6 Å². The standard InChI is InChI=1S/C23H15NO2/c25-15-16-13-14-23(26-16)19-9-3-6-12-22(19)24-20-10-4-1-7-17(20)18-8-2-5-11-21(18)24/h1-15H. The Labute approximate surface area is 150 Å². The molecular weight excluding hydrogens is 322 g/mol. The van der Waals surface area contributed by atoms with Gasteiger partial charge >= 0.3 is 0 Å². The molecule has 0 saturated carbocycles. The molecule has 0 aliphatic carbocycles. The van der Waals surface area contributed by atoms with Gasteiger partial charge in [-0.2, -0.15) is 0 Å². The second-order valence-corrected chi connectivity index (χ2v) is 6.21. The van der Waals surface area contributed by atoms with Crippen LogP contribution in [0.1, 0.15) is 10.6 Å². The number of para-hydroxylation sites is 3. The molecule has 124 valence electrons. The first kappa shape index (κ1) is 14.7. The largest absolute Gasteiger partial charge is 0.453 e. The van der Waals surface area contributed by atoms with Gasteiger partial charge in [0.15, 0.2) is 12.0 Å². The molecule has 0 fully saturated rings. The average Bonchev–Trinajstić information content (AvgIpc) is 3.31. The summed E-state index contributed by atoms with van der Waals surface area (Å²) in [5.74, 6) is 1.02. The van der Waals surface area contributed by atoms with Gasteiger partial charge in [-0.3, -0.25) is 4.79 Å². The smallest absolute Gasteiger partial charge is 0.185 e. The van der Waals surface area contributed by atoms with Gasteiger partial charge in [-0.15, -0.1) is 0 Å². The lowest BCUT2D eigenvalue weighted by molar-refractivity contribution is 0.110. The van der Waals surface area contributed by atoms with Crippen molar-refractivity contribution >= 4 is 28.1 Å². The maximum Gasteiger partial charge on any atom is 0.185 e. The van der Waals surface area contributed by atoms with E-state index in [-0.39, 0.29) is 0 Å². The van der Waals surface area contributed by atoms with E-state index in [4.69, 9.17) is 4.42 Å². The van der Waals surface area contributed by atoms with Gasteiger partial charge < -0.3 is 8.98 Å². The molecule has 0 spiro atoms. The molecule has 0 amide bonds. The zero-order valence-electron chi connectivity index (χ0n) is 13.9. The van der Waals surface area contributed by atoms with E-state index < -0.39 is 0 Å². The molecule has 2 heterocycles. The van der Waals surface area contributed by atoms with Crippen molar-refractivity contribution in [3.8, 4) is 17.0 Å². The third-order valence-corrected chi connectivity index (χ3v) is 4.73. The molecule has 3 aromatic carbocycles. The number of fused-ring (bicyclic) bond motifs is 3. The van der Waals surface area contributed by atoms with E-state index >= 15 is 0 Å². The zero-order chi connectivity index (χ0) is 17.5. The molecule has 3 nitrogen and oxygen atoms in total. The summed E-state index contributed by atoms with van der Waals surface area (Å²) >= 11 is 0. The van der Waals surface area contributed by atoms with Crippen molar-refractivity contribution in [2.45, 2.75) is 0 Å². The molecule has 5 rings (SSSR count). The Morgan fingerprint density at radius 1 is 0.692 bits per heavy atom. The number of hydrogen-bond acceptors (Lipinski definition) is 2. The number of carbonyl (C=O) groups is 1.